The SMILES string of the molecule is Cc1cc(F)cc(C(NN)c2cnccc2C(F)(F)F)c1. The molecule has 2 aromatic rings. The Labute approximate surface area is 118 Å². The number of hydrazine groups is 1. The minimum Gasteiger partial charge on any atom is -0.271 e. The number of nitrogens with two attached hydrogens (primary N) is 1. The van der Waals surface area contributed by atoms with Crippen molar-refractivity contribution in [3.8, 4) is 0 Å². The first-order valence-corrected chi connectivity index (χ1v) is 6.07. The first kappa shape index (κ1) is 15.4. The summed E-state index contributed by atoms with van der Waals surface area (Å²) >= 11 is 0. The molecule has 0 fully saturated rings. The van der Waals surface area contributed by atoms with Gasteiger partial charge in [-0.1, -0.05) is 6.07 Å². The Bertz CT molecular complexity index is 620. The molecule has 2 rings (SSSR count). The quantitative estimate of drug-likeness (QED) is 0.520. The molecule has 21 heavy (non-hydrogen) atoms. The number of alkyl halides is 3. The van der Waals surface area contributed by atoms with Crippen molar-refractivity contribution in [3.63, 3.8) is 0 Å². The topological polar surface area (TPSA) is 50.9 Å². The lowest BCUT2D eigenvalue weighted by Gasteiger charge is -2.21. The third-order valence-corrected chi connectivity index (χ3v) is 3.03. The molecule has 1 aromatic heterocycles. The summed E-state index contributed by atoms with van der Waals surface area (Å²) in [5.41, 5.74) is 2.17. The van der Waals surface area contributed by atoms with Crippen LogP contribution in [0.5, 0.6) is 0 Å². The summed E-state index contributed by atoms with van der Waals surface area (Å²) in [5.74, 6) is 4.84. The monoisotopic (exact) mass is 299 g/mol. The van der Waals surface area contributed by atoms with Gasteiger partial charge in [0.1, 0.15) is 5.82 Å². The van der Waals surface area contributed by atoms with Crippen LogP contribution in [0.25, 0.3) is 0 Å². The molecule has 1 atom stereocenters. The molecule has 3 N–H and O–H groups in total. The highest BCUT2D eigenvalue weighted by atomic mass is 19.4. The summed E-state index contributed by atoms with van der Waals surface area (Å²) in [6.07, 6.45) is -2.42. The van der Waals surface area contributed by atoms with Gasteiger partial charge in [0.2, 0.25) is 0 Å². The predicted molar refractivity (Wildman–Crippen MR) is 69.5 cm³/mol. The van der Waals surface area contributed by atoms with Crippen LogP contribution in [0.1, 0.15) is 28.3 Å². The van der Waals surface area contributed by atoms with E-state index < -0.39 is 23.6 Å². The van der Waals surface area contributed by atoms with Crippen LogP contribution in [0, 0.1) is 12.7 Å². The van der Waals surface area contributed by atoms with E-state index in [4.69, 9.17) is 5.84 Å². The first-order valence-electron chi connectivity index (χ1n) is 6.07. The molecule has 0 bridgehead atoms. The van der Waals surface area contributed by atoms with Crippen molar-refractivity contribution in [3.05, 3.63) is 64.7 Å². The number of hydrogen-bond acceptors (Lipinski definition) is 3. The van der Waals surface area contributed by atoms with E-state index in [-0.39, 0.29) is 5.56 Å². The van der Waals surface area contributed by atoms with E-state index in [0.29, 0.717) is 11.1 Å². The van der Waals surface area contributed by atoms with Crippen LogP contribution in [-0.2, 0) is 6.18 Å². The van der Waals surface area contributed by atoms with Crippen molar-refractivity contribution in [2.45, 2.75) is 19.1 Å². The molecule has 112 valence electrons. The molecule has 0 spiro atoms. The summed E-state index contributed by atoms with van der Waals surface area (Å²) in [7, 11) is 0. The molecule has 1 unspecified atom stereocenters. The predicted octanol–water partition coefficient (Wildman–Crippen LogP) is 3.10. The summed E-state index contributed by atoms with van der Waals surface area (Å²) in [6, 6.07) is 3.85. The number of rotatable bonds is 3. The zero-order valence-corrected chi connectivity index (χ0v) is 11.1. The van der Waals surface area contributed by atoms with E-state index in [1.165, 1.54) is 6.07 Å². The average Bonchev–Trinajstić information content (AvgIpc) is 2.38. The number of pyridine rings is 1. The van der Waals surface area contributed by atoms with Crippen LogP contribution in [0.4, 0.5) is 17.6 Å². The third kappa shape index (κ3) is 3.37. The molecule has 0 saturated carbocycles. The van der Waals surface area contributed by atoms with Gasteiger partial charge in [-0.05, 0) is 36.2 Å². The lowest BCUT2D eigenvalue weighted by molar-refractivity contribution is -0.138. The Morgan fingerprint density at radius 3 is 2.52 bits per heavy atom. The fraction of sp³-hybridized carbons (Fsp3) is 0.214. The largest absolute Gasteiger partial charge is 0.416 e. The Kier molecular flexibility index (Phi) is 4.24. The summed E-state index contributed by atoms with van der Waals surface area (Å²) < 4.78 is 52.6. The van der Waals surface area contributed by atoms with Crippen molar-refractivity contribution in [1.29, 1.82) is 0 Å². The number of aromatic nitrogens is 1. The number of nitrogens with one attached hydrogen (secondary N) is 1. The van der Waals surface area contributed by atoms with Crippen molar-refractivity contribution in [2.24, 2.45) is 5.84 Å². The van der Waals surface area contributed by atoms with E-state index in [1.807, 2.05) is 0 Å². The second kappa shape index (κ2) is 5.79. The number of halogens is 4. The van der Waals surface area contributed by atoms with E-state index in [2.05, 4.69) is 10.4 Å². The van der Waals surface area contributed by atoms with Crippen molar-refractivity contribution in [2.75, 3.05) is 0 Å². The van der Waals surface area contributed by atoms with Crippen molar-refractivity contribution >= 4 is 0 Å². The fourth-order valence-electron chi connectivity index (χ4n) is 2.19. The minimum atomic E-state index is -4.55. The second-order valence-electron chi connectivity index (χ2n) is 4.62. The zero-order chi connectivity index (χ0) is 15.6. The van der Waals surface area contributed by atoms with Gasteiger partial charge in [-0.25, -0.2) is 9.82 Å². The summed E-state index contributed by atoms with van der Waals surface area (Å²) in [6.45, 7) is 1.65. The molecule has 7 heteroatoms. The minimum absolute atomic E-state index is 0.155. The van der Waals surface area contributed by atoms with Gasteiger partial charge in [0.15, 0.2) is 0 Å². The van der Waals surface area contributed by atoms with E-state index in [0.717, 1.165) is 24.5 Å². The maximum absolute atomic E-state index is 13.5. The van der Waals surface area contributed by atoms with Gasteiger partial charge >= 0.3 is 6.18 Å². The Balaban J connectivity index is 2.57. The summed E-state index contributed by atoms with van der Waals surface area (Å²) in [5, 5.41) is 0. The lowest BCUT2D eigenvalue weighted by Crippen LogP contribution is -2.31. The fourth-order valence-corrected chi connectivity index (χ4v) is 2.19. The number of benzene rings is 1. The molecule has 3 nitrogen and oxygen atoms in total. The molecular weight excluding hydrogens is 286 g/mol. The maximum atomic E-state index is 13.5. The Morgan fingerprint density at radius 2 is 1.95 bits per heavy atom. The number of aryl methyl sites for hydroxylation is 1. The smallest absolute Gasteiger partial charge is 0.271 e. The standard InChI is InChI=1S/C14H13F4N3/c1-8-4-9(6-10(15)5-8)13(21-19)11-7-20-3-2-12(11)14(16,17)18/h2-7,13,21H,19H2,1H3. The second-order valence-corrected chi connectivity index (χ2v) is 4.62. The first-order chi connectivity index (χ1) is 9.82. The normalized spacial score (nSPS) is 13.2. The van der Waals surface area contributed by atoms with Gasteiger partial charge < -0.3 is 0 Å². The highest BCUT2D eigenvalue weighted by molar-refractivity contribution is 5.38. The molecule has 0 aliphatic carbocycles. The highest BCUT2D eigenvalue weighted by Gasteiger charge is 2.35. The Hall–Kier alpha value is -1.99. The van der Waals surface area contributed by atoms with E-state index in [1.54, 1.807) is 13.0 Å². The van der Waals surface area contributed by atoms with Crippen LogP contribution in [0.2, 0.25) is 0 Å². The number of nitrogens with zero attached hydrogens (tertiary/aromatic N) is 1. The lowest BCUT2D eigenvalue weighted by atomic mass is 9.95. The zero-order valence-electron chi connectivity index (χ0n) is 11.1. The molecule has 1 aromatic carbocycles. The van der Waals surface area contributed by atoms with Gasteiger partial charge in [-0.15, -0.1) is 0 Å². The van der Waals surface area contributed by atoms with Gasteiger partial charge in [-0.3, -0.25) is 10.8 Å². The van der Waals surface area contributed by atoms with Crippen LogP contribution in [-0.4, -0.2) is 4.98 Å². The molecule has 0 saturated heterocycles. The molecule has 0 amide bonds. The van der Waals surface area contributed by atoms with Gasteiger partial charge in [0.25, 0.3) is 0 Å². The summed E-state index contributed by atoms with van der Waals surface area (Å²) in [4.78, 5) is 3.71. The van der Waals surface area contributed by atoms with Crippen molar-refractivity contribution in [1.82, 2.24) is 10.4 Å². The van der Waals surface area contributed by atoms with Crippen LogP contribution in [0.3, 0.4) is 0 Å². The van der Waals surface area contributed by atoms with Gasteiger partial charge in [0.05, 0.1) is 11.6 Å². The van der Waals surface area contributed by atoms with Gasteiger partial charge in [0, 0.05) is 18.0 Å². The molecule has 0 aliphatic rings. The number of hydrogen-bond donors (Lipinski definition) is 2. The maximum Gasteiger partial charge on any atom is 0.416 e. The van der Waals surface area contributed by atoms with E-state index in [9.17, 15) is 17.6 Å². The van der Waals surface area contributed by atoms with E-state index >= 15 is 0 Å². The Morgan fingerprint density at radius 1 is 1.24 bits per heavy atom. The van der Waals surface area contributed by atoms with Crippen LogP contribution < -0.4 is 11.3 Å². The molecule has 1 heterocycles. The van der Waals surface area contributed by atoms with Crippen molar-refractivity contribution < 1.29 is 17.6 Å². The van der Waals surface area contributed by atoms with Crippen LogP contribution >= 0.6 is 0 Å². The van der Waals surface area contributed by atoms with Gasteiger partial charge in [-0.2, -0.15) is 13.2 Å². The third-order valence-electron chi connectivity index (χ3n) is 3.03. The average molecular weight is 299 g/mol. The molecular formula is C14H13F4N3. The molecule has 0 aliphatic heterocycles. The highest BCUT2D eigenvalue weighted by Crippen LogP contribution is 2.36. The van der Waals surface area contributed by atoms with Crippen LogP contribution in [0.15, 0.2) is 36.7 Å². The molecule has 0 radical (unpaired) electrons.